The fourth-order valence-electron chi connectivity index (χ4n) is 2.94. The molecule has 0 atom stereocenters. The minimum absolute atomic E-state index is 0.0737. The minimum Gasteiger partial charge on any atom is -0.372 e. The molecular formula is C17H27N5. The van der Waals surface area contributed by atoms with Crippen molar-refractivity contribution in [1.29, 1.82) is 0 Å². The Kier molecular flexibility index (Phi) is 4.36. The number of benzene rings is 1. The number of rotatable bonds is 5. The number of nitrogens with zero attached hydrogens (tertiary/aromatic N) is 2. The summed E-state index contributed by atoms with van der Waals surface area (Å²) >= 11 is 0. The molecule has 0 spiro atoms. The highest BCUT2D eigenvalue weighted by molar-refractivity contribution is 5.85. The van der Waals surface area contributed by atoms with Crippen molar-refractivity contribution in [3.63, 3.8) is 0 Å². The van der Waals surface area contributed by atoms with Gasteiger partial charge in [0.15, 0.2) is 0 Å². The molecule has 2 aromatic rings. The van der Waals surface area contributed by atoms with Gasteiger partial charge >= 0.3 is 0 Å². The molecule has 3 rings (SSSR count). The van der Waals surface area contributed by atoms with E-state index in [1.807, 2.05) is 0 Å². The first-order chi connectivity index (χ1) is 10.6. The Morgan fingerprint density at radius 2 is 2.05 bits per heavy atom. The van der Waals surface area contributed by atoms with Crippen molar-refractivity contribution in [2.75, 3.05) is 24.5 Å². The molecule has 1 aromatic heterocycles. The van der Waals surface area contributed by atoms with E-state index in [9.17, 15) is 0 Å². The van der Waals surface area contributed by atoms with Gasteiger partial charge in [-0.05, 0) is 51.3 Å². The van der Waals surface area contributed by atoms with E-state index in [0.717, 1.165) is 30.8 Å². The molecule has 0 amide bonds. The van der Waals surface area contributed by atoms with Crippen LogP contribution in [0.5, 0.6) is 0 Å². The first-order valence-corrected chi connectivity index (χ1v) is 8.26. The van der Waals surface area contributed by atoms with Gasteiger partial charge in [-0.3, -0.25) is 5.10 Å². The van der Waals surface area contributed by atoms with Gasteiger partial charge in [-0.15, -0.1) is 0 Å². The van der Waals surface area contributed by atoms with Gasteiger partial charge < -0.3 is 16.0 Å². The average molecular weight is 301 g/mol. The second-order valence-corrected chi connectivity index (χ2v) is 6.89. The zero-order chi connectivity index (χ0) is 15.6. The molecule has 0 unspecified atom stereocenters. The third kappa shape index (κ3) is 3.25. The molecule has 0 aliphatic carbocycles. The summed E-state index contributed by atoms with van der Waals surface area (Å²) in [5.74, 6) is 0. The molecule has 0 bridgehead atoms. The molecule has 0 saturated carbocycles. The van der Waals surface area contributed by atoms with E-state index >= 15 is 0 Å². The van der Waals surface area contributed by atoms with Gasteiger partial charge in [-0.2, -0.15) is 5.10 Å². The lowest BCUT2D eigenvalue weighted by Crippen LogP contribution is -2.45. The predicted octanol–water partition coefficient (Wildman–Crippen LogP) is 2.38. The number of hydrogen-bond acceptors (Lipinski definition) is 4. The van der Waals surface area contributed by atoms with Crippen LogP contribution in [-0.2, 0) is 6.54 Å². The van der Waals surface area contributed by atoms with Crippen LogP contribution in [0.1, 0.15) is 38.8 Å². The minimum atomic E-state index is -0.0737. The number of hydrogen-bond donors (Lipinski definition) is 3. The van der Waals surface area contributed by atoms with Crippen LogP contribution in [0, 0.1) is 0 Å². The number of anilines is 1. The smallest absolute Gasteiger partial charge is 0.0839 e. The molecule has 120 valence electrons. The highest BCUT2D eigenvalue weighted by Crippen LogP contribution is 2.26. The predicted molar refractivity (Wildman–Crippen MR) is 92.1 cm³/mol. The van der Waals surface area contributed by atoms with E-state index in [2.05, 4.69) is 52.5 Å². The van der Waals surface area contributed by atoms with E-state index in [0.29, 0.717) is 6.54 Å². The molecule has 1 aliphatic heterocycles. The second kappa shape index (κ2) is 6.26. The number of H-pyrrole nitrogens is 1. The quantitative estimate of drug-likeness (QED) is 0.793. The summed E-state index contributed by atoms with van der Waals surface area (Å²) in [6, 6.07) is 6.62. The average Bonchev–Trinajstić information content (AvgIpc) is 2.96. The third-order valence-electron chi connectivity index (χ3n) is 4.59. The Morgan fingerprint density at radius 3 is 2.77 bits per heavy atom. The van der Waals surface area contributed by atoms with Crippen LogP contribution in [-0.4, -0.2) is 35.4 Å². The molecule has 1 aliphatic rings. The highest BCUT2D eigenvalue weighted by Gasteiger charge is 2.17. The fourth-order valence-corrected chi connectivity index (χ4v) is 2.94. The normalized spacial score (nSPS) is 16.4. The highest BCUT2D eigenvalue weighted by atomic mass is 15.1. The maximum atomic E-state index is 5.78. The molecule has 22 heavy (non-hydrogen) atoms. The summed E-state index contributed by atoms with van der Waals surface area (Å²) in [7, 11) is 0. The molecule has 4 N–H and O–H groups in total. The summed E-state index contributed by atoms with van der Waals surface area (Å²) < 4.78 is 0. The summed E-state index contributed by atoms with van der Waals surface area (Å²) in [6.45, 7) is 7.89. The Bertz CT molecular complexity index is 625. The Labute approximate surface area is 132 Å². The number of piperidine rings is 1. The Hall–Kier alpha value is -1.59. The zero-order valence-corrected chi connectivity index (χ0v) is 13.7. The van der Waals surface area contributed by atoms with Crippen molar-refractivity contribution in [3.8, 4) is 0 Å². The molecule has 1 fully saturated rings. The van der Waals surface area contributed by atoms with Gasteiger partial charge in [-0.1, -0.05) is 0 Å². The Morgan fingerprint density at radius 1 is 1.27 bits per heavy atom. The van der Waals surface area contributed by atoms with Gasteiger partial charge in [0, 0.05) is 42.8 Å². The standard InChI is InChI=1S/C17H27N5/c1-17(2,12-18)19-11-16-14-10-13(6-7-15(14)20-21-16)22-8-4-3-5-9-22/h6-7,10,19H,3-5,8-9,11-12,18H2,1-2H3,(H,20,21). The number of aromatic nitrogens is 2. The van der Waals surface area contributed by atoms with Crippen LogP contribution >= 0.6 is 0 Å². The number of nitrogens with one attached hydrogen (secondary N) is 2. The van der Waals surface area contributed by atoms with Crippen LogP contribution in [0.4, 0.5) is 5.69 Å². The maximum absolute atomic E-state index is 5.78. The number of fused-ring (bicyclic) bond motifs is 1. The van der Waals surface area contributed by atoms with Crippen LogP contribution in [0.15, 0.2) is 18.2 Å². The molecular weight excluding hydrogens is 274 g/mol. The summed E-state index contributed by atoms with van der Waals surface area (Å²) in [5.41, 5.74) is 9.19. The molecule has 2 heterocycles. The van der Waals surface area contributed by atoms with Crippen LogP contribution in [0.25, 0.3) is 10.9 Å². The maximum Gasteiger partial charge on any atom is 0.0839 e. The van der Waals surface area contributed by atoms with Gasteiger partial charge in [0.25, 0.3) is 0 Å². The summed E-state index contributed by atoms with van der Waals surface area (Å²) in [4.78, 5) is 2.48. The summed E-state index contributed by atoms with van der Waals surface area (Å²) in [5, 5.41) is 12.3. The lowest BCUT2D eigenvalue weighted by molar-refractivity contribution is 0.395. The first kappa shape index (κ1) is 15.3. The van der Waals surface area contributed by atoms with Crippen molar-refractivity contribution in [3.05, 3.63) is 23.9 Å². The lowest BCUT2D eigenvalue weighted by Gasteiger charge is -2.29. The molecule has 0 radical (unpaired) electrons. The fraction of sp³-hybridized carbons (Fsp3) is 0.588. The van der Waals surface area contributed by atoms with Crippen molar-refractivity contribution in [2.45, 2.75) is 45.2 Å². The third-order valence-corrected chi connectivity index (χ3v) is 4.59. The van der Waals surface area contributed by atoms with Gasteiger partial charge in [0.1, 0.15) is 0 Å². The van der Waals surface area contributed by atoms with Gasteiger partial charge in [0.05, 0.1) is 11.2 Å². The molecule has 5 heteroatoms. The van der Waals surface area contributed by atoms with E-state index in [1.165, 1.54) is 30.3 Å². The SMILES string of the molecule is CC(C)(CN)NCc1n[nH]c2ccc(N3CCCCC3)cc12. The van der Waals surface area contributed by atoms with Crippen LogP contribution in [0.2, 0.25) is 0 Å². The van der Waals surface area contributed by atoms with Crippen LogP contribution in [0.3, 0.4) is 0 Å². The molecule has 5 nitrogen and oxygen atoms in total. The number of aromatic amines is 1. The second-order valence-electron chi connectivity index (χ2n) is 6.89. The van der Waals surface area contributed by atoms with Crippen LogP contribution < -0.4 is 16.0 Å². The molecule has 1 aromatic carbocycles. The van der Waals surface area contributed by atoms with Crippen molar-refractivity contribution in [2.24, 2.45) is 5.73 Å². The topological polar surface area (TPSA) is 70.0 Å². The van der Waals surface area contributed by atoms with Crippen molar-refractivity contribution < 1.29 is 0 Å². The van der Waals surface area contributed by atoms with E-state index in [4.69, 9.17) is 5.73 Å². The van der Waals surface area contributed by atoms with E-state index in [1.54, 1.807) is 0 Å². The van der Waals surface area contributed by atoms with Crippen molar-refractivity contribution in [1.82, 2.24) is 15.5 Å². The lowest BCUT2D eigenvalue weighted by atomic mass is 10.1. The largest absolute Gasteiger partial charge is 0.372 e. The zero-order valence-electron chi connectivity index (χ0n) is 13.7. The monoisotopic (exact) mass is 301 g/mol. The molecule has 1 saturated heterocycles. The van der Waals surface area contributed by atoms with E-state index < -0.39 is 0 Å². The van der Waals surface area contributed by atoms with E-state index in [-0.39, 0.29) is 5.54 Å². The number of nitrogens with two attached hydrogens (primary N) is 1. The first-order valence-electron chi connectivity index (χ1n) is 8.26. The van der Waals surface area contributed by atoms with Crippen molar-refractivity contribution >= 4 is 16.6 Å². The Balaban J connectivity index is 1.82. The van der Waals surface area contributed by atoms with Gasteiger partial charge in [0.2, 0.25) is 0 Å². The summed E-state index contributed by atoms with van der Waals surface area (Å²) in [6.07, 6.45) is 3.94. The van der Waals surface area contributed by atoms with Gasteiger partial charge in [-0.25, -0.2) is 0 Å².